The maximum absolute atomic E-state index is 13.2. The van der Waals surface area contributed by atoms with Crippen LogP contribution in [0.15, 0.2) is 66.7 Å². The smallest absolute Gasteiger partial charge is 0.323 e. The van der Waals surface area contributed by atoms with Gasteiger partial charge in [0, 0.05) is 23.8 Å². The van der Waals surface area contributed by atoms with Crippen LogP contribution in [0.5, 0.6) is 0 Å². The fourth-order valence-corrected chi connectivity index (χ4v) is 5.23. The van der Waals surface area contributed by atoms with Crippen LogP contribution in [-0.2, 0) is 0 Å². The van der Waals surface area contributed by atoms with Crippen molar-refractivity contribution in [2.45, 2.75) is 52.5 Å². The number of tetrazole rings is 1. The fourth-order valence-electron chi connectivity index (χ4n) is 5.23. The second-order valence-corrected chi connectivity index (χ2v) is 10.4. The number of carbonyl (C=O) groups is 1. The zero-order valence-electron chi connectivity index (χ0n) is 22.2. The van der Waals surface area contributed by atoms with E-state index >= 15 is 0 Å². The van der Waals surface area contributed by atoms with E-state index in [1.54, 1.807) is 0 Å². The molecule has 1 aliphatic carbocycles. The second kappa shape index (κ2) is 11.5. The molecule has 3 N–H and O–H groups in total. The predicted octanol–water partition coefficient (Wildman–Crippen LogP) is 6.89. The van der Waals surface area contributed by atoms with Gasteiger partial charge in [0.05, 0.1) is 11.4 Å². The van der Waals surface area contributed by atoms with E-state index in [0.29, 0.717) is 17.8 Å². The zero-order valence-corrected chi connectivity index (χ0v) is 22.2. The molecule has 0 saturated heterocycles. The number of benzene rings is 3. The molecule has 8 heteroatoms. The van der Waals surface area contributed by atoms with E-state index in [1.165, 1.54) is 25.7 Å². The van der Waals surface area contributed by atoms with Gasteiger partial charge < -0.3 is 15.5 Å². The normalized spacial score (nSPS) is 13.6. The molecular weight excluding hydrogens is 474 g/mol. The van der Waals surface area contributed by atoms with Gasteiger partial charge in [-0.15, -0.1) is 10.2 Å². The van der Waals surface area contributed by atoms with Crippen molar-refractivity contribution in [1.29, 1.82) is 0 Å². The molecule has 0 radical (unpaired) electrons. The molecule has 8 nitrogen and oxygen atoms in total. The molecule has 0 atom stereocenters. The lowest BCUT2D eigenvalue weighted by molar-refractivity contribution is 0.262. The van der Waals surface area contributed by atoms with Gasteiger partial charge in [0.2, 0.25) is 5.82 Å². The van der Waals surface area contributed by atoms with Gasteiger partial charge in [-0.1, -0.05) is 74.7 Å². The van der Waals surface area contributed by atoms with Crippen LogP contribution in [0.4, 0.5) is 21.9 Å². The van der Waals surface area contributed by atoms with Crippen LogP contribution < -0.4 is 15.5 Å². The van der Waals surface area contributed by atoms with Crippen molar-refractivity contribution >= 4 is 23.1 Å². The van der Waals surface area contributed by atoms with Crippen LogP contribution in [0.1, 0.15) is 45.1 Å². The summed E-state index contributed by atoms with van der Waals surface area (Å²) in [6, 6.07) is 22.3. The van der Waals surface area contributed by atoms with E-state index in [9.17, 15) is 4.79 Å². The Kier molecular flexibility index (Phi) is 7.67. The maximum atomic E-state index is 13.2. The lowest BCUT2D eigenvalue weighted by Crippen LogP contribution is -2.37. The van der Waals surface area contributed by atoms with Gasteiger partial charge in [-0.2, -0.15) is 5.21 Å². The van der Waals surface area contributed by atoms with Gasteiger partial charge in [-0.3, -0.25) is 0 Å². The van der Waals surface area contributed by atoms with Gasteiger partial charge in [0.25, 0.3) is 0 Å². The van der Waals surface area contributed by atoms with E-state index in [4.69, 9.17) is 0 Å². The number of hydrogen-bond acceptors (Lipinski definition) is 5. The third kappa shape index (κ3) is 5.85. The Hall–Kier alpha value is -4.20. The van der Waals surface area contributed by atoms with Crippen LogP contribution in [0.3, 0.4) is 0 Å². The summed E-state index contributed by atoms with van der Waals surface area (Å²) in [5.74, 6) is 1.02. The van der Waals surface area contributed by atoms with Crippen molar-refractivity contribution in [1.82, 2.24) is 20.6 Å². The lowest BCUT2D eigenvalue weighted by Gasteiger charge is -2.34. The summed E-state index contributed by atoms with van der Waals surface area (Å²) in [7, 11) is 0. The minimum Gasteiger partial charge on any atom is -0.367 e. The summed E-state index contributed by atoms with van der Waals surface area (Å²) in [6.45, 7) is 7.45. The first-order chi connectivity index (χ1) is 18.5. The van der Waals surface area contributed by atoms with E-state index in [0.717, 1.165) is 45.9 Å². The first kappa shape index (κ1) is 25.4. The molecule has 196 valence electrons. The molecule has 0 aliphatic heterocycles. The van der Waals surface area contributed by atoms with Crippen molar-refractivity contribution in [2.24, 2.45) is 5.92 Å². The van der Waals surface area contributed by atoms with Gasteiger partial charge in [0.15, 0.2) is 0 Å². The Morgan fingerprint density at radius 2 is 1.74 bits per heavy atom. The number of nitrogens with zero attached hydrogens (tertiary/aromatic N) is 4. The highest BCUT2D eigenvalue weighted by atomic mass is 16.2. The third-order valence-electron chi connectivity index (χ3n) is 7.02. The quantitative estimate of drug-likeness (QED) is 0.240. The number of aromatic amines is 1. The maximum Gasteiger partial charge on any atom is 0.323 e. The van der Waals surface area contributed by atoms with E-state index in [2.05, 4.69) is 68.2 Å². The molecule has 4 aromatic rings. The highest BCUT2D eigenvalue weighted by Crippen LogP contribution is 2.38. The number of anilines is 3. The number of nitrogens with one attached hydrogen (secondary N) is 3. The average molecular weight is 510 g/mol. The van der Waals surface area contributed by atoms with Crippen molar-refractivity contribution in [3.05, 3.63) is 72.3 Å². The first-order valence-corrected chi connectivity index (χ1v) is 13.4. The Morgan fingerprint density at radius 3 is 2.42 bits per heavy atom. The minimum absolute atomic E-state index is 0.269. The van der Waals surface area contributed by atoms with E-state index in [1.807, 2.05) is 55.5 Å². The topological polar surface area (TPSA) is 98.8 Å². The van der Waals surface area contributed by atoms with Crippen LogP contribution in [-0.4, -0.2) is 39.2 Å². The summed E-state index contributed by atoms with van der Waals surface area (Å²) in [6.07, 6.45) is 4.83. The first-order valence-electron chi connectivity index (χ1n) is 13.4. The van der Waals surface area contributed by atoms with Gasteiger partial charge in [0.1, 0.15) is 0 Å². The zero-order chi connectivity index (χ0) is 26.5. The Bertz CT molecular complexity index is 1360. The van der Waals surface area contributed by atoms with Crippen molar-refractivity contribution in [3.63, 3.8) is 0 Å². The number of aryl methyl sites for hydroxylation is 1. The SMILES string of the molecule is Cc1ccc(NC(=O)Nc2cc(-c3ccccc3-c3nn[nH]n3)ccc2N(CC(C)C)C2CCCC2)cc1. The monoisotopic (exact) mass is 509 g/mol. The Labute approximate surface area is 223 Å². The molecule has 0 unspecified atom stereocenters. The number of amides is 2. The molecule has 1 saturated carbocycles. The molecule has 38 heavy (non-hydrogen) atoms. The van der Waals surface area contributed by atoms with Gasteiger partial charge in [-0.05, 0) is 66.3 Å². The number of H-pyrrole nitrogens is 1. The Balaban J connectivity index is 1.54. The average Bonchev–Trinajstić information content (AvgIpc) is 3.64. The number of carbonyl (C=O) groups excluding carboxylic acids is 1. The summed E-state index contributed by atoms with van der Waals surface area (Å²) >= 11 is 0. The van der Waals surface area contributed by atoms with Crippen LogP contribution in [0, 0.1) is 12.8 Å². The number of aromatic nitrogens is 4. The number of rotatable bonds is 8. The van der Waals surface area contributed by atoms with Crippen molar-refractivity contribution < 1.29 is 4.79 Å². The molecule has 1 fully saturated rings. The van der Waals surface area contributed by atoms with Gasteiger partial charge >= 0.3 is 6.03 Å². The van der Waals surface area contributed by atoms with Crippen molar-refractivity contribution in [2.75, 3.05) is 22.1 Å². The second-order valence-electron chi connectivity index (χ2n) is 10.4. The molecule has 2 amide bonds. The largest absolute Gasteiger partial charge is 0.367 e. The van der Waals surface area contributed by atoms with Crippen molar-refractivity contribution in [3.8, 4) is 22.5 Å². The molecule has 5 rings (SSSR count). The standard InChI is InChI=1S/C30H35N7O/c1-20(2)19-37(24-8-4-5-9-24)28-17-14-22(25-10-6-7-11-26(25)29-33-35-36-34-29)18-27(28)32-30(38)31-23-15-12-21(3)13-16-23/h6-7,10-18,20,24H,4-5,8-9,19H2,1-3H3,(H2,31,32,38)(H,33,34,35,36). The minimum atomic E-state index is -0.269. The summed E-state index contributed by atoms with van der Waals surface area (Å²) in [4.78, 5) is 15.7. The summed E-state index contributed by atoms with van der Waals surface area (Å²) in [5.41, 5.74) is 6.54. The predicted molar refractivity (Wildman–Crippen MR) is 153 cm³/mol. The van der Waals surface area contributed by atoms with E-state index in [-0.39, 0.29) is 6.03 Å². The summed E-state index contributed by atoms with van der Waals surface area (Å²) in [5, 5.41) is 20.8. The van der Waals surface area contributed by atoms with Crippen LogP contribution in [0.2, 0.25) is 0 Å². The van der Waals surface area contributed by atoms with Gasteiger partial charge in [-0.25, -0.2) is 4.79 Å². The fraction of sp³-hybridized carbons (Fsp3) is 0.333. The molecular formula is C30H35N7O. The molecule has 1 aromatic heterocycles. The van der Waals surface area contributed by atoms with Crippen LogP contribution >= 0.6 is 0 Å². The number of urea groups is 1. The highest BCUT2D eigenvalue weighted by Gasteiger charge is 2.26. The molecule has 0 spiro atoms. The molecule has 1 aliphatic rings. The molecule has 1 heterocycles. The Morgan fingerprint density at radius 1 is 1.00 bits per heavy atom. The third-order valence-corrected chi connectivity index (χ3v) is 7.02. The highest BCUT2D eigenvalue weighted by molar-refractivity contribution is 6.02. The lowest BCUT2D eigenvalue weighted by atomic mass is 9.97. The van der Waals surface area contributed by atoms with Crippen LogP contribution in [0.25, 0.3) is 22.5 Å². The molecule has 3 aromatic carbocycles. The number of hydrogen-bond donors (Lipinski definition) is 3. The summed E-state index contributed by atoms with van der Waals surface area (Å²) < 4.78 is 0. The van der Waals surface area contributed by atoms with E-state index < -0.39 is 0 Å². The molecule has 0 bridgehead atoms.